The first-order valence-electron chi connectivity index (χ1n) is 8.39. The highest BCUT2D eigenvalue weighted by Gasteiger charge is 2.20. The maximum absolute atomic E-state index is 11.6. The van der Waals surface area contributed by atoms with Gasteiger partial charge in [0.05, 0.1) is 0 Å². The van der Waals surface area contributed by atoms with Crippen LogP contribution in [0.5, 0.6) is 5.75 Å². The number of nitrogens with one attached hydrogen (secondary N) is 1. The van der Waals surface area contributed by atoms with Crippen molar-refractivity contribution in [2.24, 2.45) is 0 Å². The van der Waals surface area contributed by atoms with E-state index in [9.17, 15) is 4.79 Å². The largest absolute Gasteiger partial charge is 0.484 e. The molecule has 0 aliphatic carbocycles. The fourth-order valence-electron chi connectivity index (χ4n) is 2.75. The number of ether oxygens (including phenoxy) is 1. The van der Waals surface area contributed by atoms with Crippen molar-refractivity contribution in [2.45, 2.75) is 38.8 Å². The Bertz CT molecular complexity index is 509. The molecule has 0 unspecified atom stereocenters. The quantitative estimate of drug-likeness (QED) is 0.875. The van der Waals surface area contributed by atoms with Gasteiger partial charge in [-0.15, -0.1) is 0 Å². The van der Waals surface area contributed by atoms with E-state index in [1.807, 2.05) is 18.2 Å². The highest BCUT2D eigenvalue weighted by Crippen LogP contribution is 2.21. The van der Waals surface area contributed by atoms with Crippen molar-refractivity contribution in [2.75, 3.05) is 39.1 Å². The van der Waals surface area contributed by atoms with Crippen molar-refractivity contribution in [3.63, 3.8) is 0 Å². The maximum atomic E-state index is 11.6. The van der Waals surface area contributed by atoms with E-state index in [-0.39, 0.29) is 12.5 Å². The molecule has 0 saturated carbocycles. The number of anilines is 1. The summed E-state index contributed by atoms with van der Waals surface area (Å²) in [6.07, 6.45) is 2.31. The van der Waals surface area contributed by atoms with E-state index in [0.717, 1.165) is 37.4 Å². The van der Waals surface area contributed by atoms with Crippen LogP contribution in [0.25, 0.3) is 0 Å². The zero-order valence-corrected chi connectivity index (χ0v) is 14.7. The number of benzene rings is 1. The van der Waals surface area contributed by atoms with E-state index in [1.54, 1.807) is 14.1 Å². The SMILES string of the molecule is CC(C)N1CCC(Nc2cccc(OCC(=O)N(C)C)c2)CC1. The number of amides is 1. The molecule has 2 rings (SSSR count). The van der Waals surface area contributed by atoms with Crippen LogP contribution in [-0.2, 0) is 4.79 Å². The number of rotatable bonds is 6. The van der Waals surface area contributed by atoms with Crippen molar-refractivity contribution in [1.29, 1.82) is 0 Å². The lowest BCUT2D eigenvalue weighted by molar-refractivity contribution is -0.130. The lowest BCUT2D eigenvalue weighted by Crippen LogP contribution is -2.42. The predicted molar refractivity (Wildman–Crippen MR) is 94.0 cm³/mol. The summed E-state index contributed by atoms with van der Waals surface area (Å²) in [5, 5.41) is 3.59. The average Bonchev–Trinajstić information content (AvgIpc) is 2.53. The molecule has 0 bridgehead atoms. The van der Waals surface area contributed by atoms with Crippen LogP contribution in [0.1, 0.15) is 26.7 Å². The smallest absolute Gasteiger partial charge is 0.259 e. The number of piperidine rings is 1. The highest BCUT2D eigenvalue weighted by atomic mass is 16.5. The molecule has 1 aromatic rings. The van der Waals surface area contributed by atoms with E-state index in [1.165, 1.54) is 4.90 Å². The van der Waals surface area contributed by atoms with E-state index in [0.29, 0.717) is 12.1 Å². The molecular weight excluding hydrogens is 290 g/mol. The number of nitrogens with zero attached hydrogens (tertiary/aromatic N) is 2. The number of hydrogen-bond donors (Lipinski definition) is 1. The van der Waals surface area contributed by atoms with Gasteiger partial charge >= 0.3 is 0 Å². The van der Waals surface area contributed by atoms with Crippen LogP contribution in [-0.4, -0.2) is 61.6 Å². The van der Waals surface area contributed by atoms with Gasteiger partial charge in [0.15, 0.2) is 6.61 Å². The van der Waals surface area contributed by atoms with Crippen LogP contribution in [0, 0.1) is 0 Å². The Hall–Kier alpha value is -1.75. The number of likely N-dealkylation sites (N-methyl/N-ethyl adjacent to an activating group) is 1. The van der Waals surface area contributed by atoms with Gasteiger partial charge in [-0.05, 0) is 38.8 Å². The average molecular weight is 319 g/mol. The zero-order chi connectivity index (χ0) is 16.8. The summed E-state index contributed by atoms with van der Waals surface area (Å²) >= 11 is 0. The maximum Gasteiger partial charge on any atom is 0.259 e. The molecule has 1 amide bonds. The van der Waals surface area contributed by atoms with E-state index >= 15 is 0 Å². The van der Waals surface area contributed by atoms with Crippen LogP contribution in [0.3, 0.4) is 0 Å². The van der Waals surface area contributed by atoms with Gasteiger partial charge in [-0.2, -0.15) is 0 Å². The van der Waals surface area contributed by atoms with Gasteiger partial charge < -0.3 is 19.9 Å². The molecule has 0 spiro atoms. The molecule has 1 heterocycles. The number of hydrogen-bond acceptors (Lipinski definition) is 4. The Balaban J connectivity index is 1.84. The Kier molecular flexibility index (Phi) is 6.28. The van der Waals surface area contributed by atoms with Gasteiger partial charge in [0.25, 0.3) is 5.91 Å². The highest BCUT2D eigenvalue weighted by molar-refractivity contribution is 5.77. The van der Waals surface area contributed by atoms with E-state index in [4.69, 9.17) is 4.74 Å². The monoisotopic (exact) mass is 319 g/mol. The Morgan fingerprint density at radius 1 is 1.35 bits per heavy atom. The molecule has 5 nitrogen and oxygen atoms in total. The minimum Gasteiger partial charge on any atom is -0.484 e. The topological polar surface area (TPSA) is 44.8 Å². The first-order valence-corrected chi connectivity index (χ1v) is 8.39. The molecule has 128 valence electrons. The fourth-order valence-corrected chi connectivity index (χ4v) is 2.75. The van der Waals surface area contributed by atoms with Gasteiger partial charge in [-0.1, -0.05) is 6.07 Å². The molecule has 1 N–H and O–H groups in total. The van der Waals surface area contributed by atoms with Crippen LogP contribution in [0.2, 0.25) is 0 Å². The minimum absolute atomic E-state index is 0.0376. The predicted octanol–water partition coefficient (Wildman–Crippen LogP) is 2.44. The molecule has 1 saturated heterocycles. The Morgan fingerprint density at radius 3 is 2.65 bits per heavy atom. The van der Waals surface area contributed by atoms with E-state index < -0.39 is 0 Å². The van der Waals surface area contributed by atoms with Gasteiger partial charge in [0.2, 0.25) is 0 Å². The second kappa shape index (κ2) is 8.20. The van der Waals surface area contributed by atoms with Crippen LogP contribution in [0.4, 0.5) is 5.69 Å². The lowest BCUT2D eigenvalue weighted by atomic mass is 10.0. The fraction of sp³-hybridized carbons (Fsp3) is 0.611. The normalized spacial score (nSPS) is 16.4. The third kappa shape index (κ3) is 5.43. The molecule has 23 heavy (non-hydrogen) atoms. The molecule has 0 radical (unpaired) electrons. The summed E-state index contributed by atoms with van der Waals surface area (Å²) in [5.41, 5.74) is 1.06. The van der Waals surface area contributed by atoms with Crippen molar-refractivity contribution in [3.05, 3.63) is 24.3 Å². The van der Waals surface area contributed by atoms with Crippen LogP contribution < -0.4 is 10.1 Å². The standard InChI is InChI=1S/C18H29N3O2/c1-14(2)21-10-8-15(9-11-21)19-16-6-5-7-17(12-16)23-13-18(22)20(3)4/h5-7,12,14-15,19H,8-11,13H2,1-4H3. The first kappa shape index (κ1) is 17.6. The van der Waals surface area contributed by atoms with E-state index in [2.05, 4.69) is 30.1 Å². The second-order valence-corrected chi connectivity index (χ2v) is 6.65. The minimum atomic E-state index is -0.0376. The summed E-state index contributed by atoms with van der Waals surface area (Å²) in [7, 11) is 3.46. The van der Waals surface area contributed by atoms with Crippen molar-refractivity contribution >= 4 is 11.6 Å². The second-order valence-electron chi connectivity index (χ2n) is 6.65. The molecule has 1 aromatic carbocycles. The van der Waals surface area contributed by atoms with Crippen molar-refractivity contribution < 1.29 is 9.53 Å². The van der Waals surface area contributed by atoms with Gasteiger partial charge in [-0.25, -0.2) is 0 Å². The Labute approximate surface area is 139 Å². The number of carbonyl (C=O) groups is 1. The molecule has 0 aromatic heterocycles. The van der Waals surface area contributed by atoms with Crippen LogP contribution in [0.15, 0.2) is 24.3 Å². The summed E-state index contributed by atoms with van der Waals surface area (Å²) in [6.45, 7) is 6.86. The molecular formula is C18H29N3O2. The van der Waals surface area contributed by atoms with Crippen molar-refractivity contribution in [3.8, 4) is 5.75 Å². The zero-order valence-electron chi connectivity index (χ0n) is 14.7. The molecule has 0 atom stereocenters. The molecule has 1 aliphatic rings. The number of carbonyl (C=O) groups excluding carboxylic acids is 1. The lowest BCUT2D eigenvalue weighted by Gasteiger charge is -2.35. The summed E-state index contributed by atoms with van der Waals surface area (Å²) in [5.74, 6) is 0.689. The van der Waals surface area contributed by atoms with Crippen LogP contribution >= 0.6 is 0 Å². The molecule has 1 fully saturated rings. The summed E-state index contributed by atoms with van der Waals surface area (Å²) in [6, 6.07) is 8.99. The summed E-state index contributed by atoms with van der Waals surface area (Å²) in [4.78, 5) is 15.6. The third-order valence-electron chi connectivity index (χ3n) is 4.33. The summed E-state index contributed by atoms with van der Waals surface area (Å²) < 4.78 is 5.57. The van der Waals surface area contributed by atoms with Gasteiger partial charge in [-0.3, -0.25) is 4.79 Å². The first-order chi connectivity index (χ1) is 11.0. The van der Waals surface area contributed by atoms with Gasteiger partial charge in [0.1, 0.15) is 5.75 Å². The van der Waals surface area contributed by atoms with Crippen molar-refractivity contribution in [1.82, 2.24) is 9.80 Å². The molecule has 1 aliphatic heterocycles. The Morgan fingerprint density at radius 2 is 2.04 bits per heavy atom. The number of likely N-dealkylation sites (tertiary alicyclic amines) is 1. The van der Waals surface area contributed by atoms with Gasteiger partial charge in [0, 0.05) is 51.0 Å². The molecule has 5 heteroatoms. The third-order valence-corrected chi connectivity index (χ3v) is 4.33.